The number of ether oxygens (including phenoxy) is 1. The number of esters is 1. The van der Waals surface area contributed by atoms with Crippen molar-refractivity contribution in [2.24, 2.45) is 5.41 Å². The van der Waals surface area contributed by atoms with Gasteiger partial charge in [0.05, 0.1) is 18.6 Å². The molecule has 33 heavy (non-hydrogen) atoms. The second kappa shape index (κ2) is 9.02. The molecule has 0 aromatic heterocycles. The number of nitrogens with one attached hydrogen (secondary N) is 1. The van der Waals surface area contributed by atoms with Gasteiger partial charge in [0.15, 0.2) is 0 Å². The Hall–Kier alpha value is -3.13. The Morgan fingerprint density at radius 1 is 1.18 bits per heavy atom. The largest absolute Gasteiger partial charge is 0.467 e. The van der Waals surface area contributed by atoms with Crippen molar-refractivity contribution in [2.45, 2.75) is 31.8 Å². The molecular formula is C24H25ClFN3O4. The van der Waals surface area contributed by atoms with Gasteiger partial charge in [0.25, 0.3) is 0 Å². The van der Waals surface area contributed by atoms with Crippen LogP contribution in [0.4, 0.5) is 14.9 Å². The van der Waals surface area contributed by atoms with Crippen LogP contribution in [0.5, 0.6) is 0 Å². The van der Waals surface area contributed by atoms with Crippen LogP contribution in [0.3, 0.4) is 0 Å². The quantitative estimate of drug-likeness (QED) is 0.539. The summed E-state index contributed by atoms with van der Waals surface area (Å²) < 4.78 is 18.6. The summed E-state index contributed by atoms with van der Waals surface area (Å²) in [6, 6.07) is 11.8. The molecule has 1 unspecified atom stereocenters. The van der Waals surface area contributed by atoms with Gasteiger partial charge in [0.1, 0.15) is 11.9 Å². The zero-order valence-corrected chi connectivity index (χ0v) is 19.1. The van der Waals surface area contributed by atoms with E-state index in [-0.39, 0.29) is 18.0 Å². The first kappa shape index (κ1) is 23.0. The van der Waals surface area contributed by atoms with Gasteiger partial charge in [-0.2, -0.15) is 0 Å². The van der Waals surface area contributed by atoms with E-state index in [9.17, 15) is 18.8 Å². The Balaban J connectivity index is 1.56. The summed E-state index contributed by atoms with van der Waals surface area (Å²) in [6.07, 6.45) is 0.899. The van der Waals surface area contributed by atoms with Gasteiger partial charge in [-0.3, -0.25) is 4.79 Å². The number of amides is 3. The number of benzene rings is 2. The lowest BCUT2D eigenvalue weighted by Gasteiger charge is -2.59. The van der Waals surface area contributed by atoms with Gasteiger partial charge in [-0.25, -0.2) is 14.0 Å². The van der Waals surface area contributed by atoms with Crippen molar-refractivity contribution in [1.82, 2.24) is 10.2 Å². The lowest BCUT2D eigenvalue weighted by molar-refractivity contribution is -0.144. The third kappa shape index (κ3) is 4.15. The number of rotatable bonds is 4. The summed E-state index contributed by atoms with van der Waals surface area (Å²) in [5.41, 5.74) is 0.698. The molecule has 3 amide bonds. The Morgan fingerprint density at radius 3 is 2.45 bits per heavy atom. The number of piperidine rings is 1. The molecule has 174 valence electrons. The maximum Gasteiger partial charge on any atom is 0.328 e. The summed E-state index contributed by atoms with van der Waals surface area (Å²) in [6.45, 7) is 2.26. The van der Waals surface area contributed by atoms with Crippen molar-refractivity contribution >= 4 is 35.2 Å². The smallest absolute Gasteiger partial charge is 0.328 e. The van der Waals surface area contributed by atoms with Gasteiger partial charge in [-0.05, 0) is 55.7 Å². The minimum atomic E-state index is -0.769. The highest BCUT2D eigenvalue weighted by Crippen LogP contribution is 2.57. The Morgan fingerprint density at radius 2 is 1.85 bits per heavy atom. The highest BCUT2D eigenvalue weighted by Gasteiger charge is 2.62. The second-order valence-electron chi connectivity index (χ2n) is 8.45. The minimum Gasteiger partial charge on any atom is -0.467 e. The number of methoxy groups -OCH3 is 1. The molecule has 2 aromatic carbocycles. The SMILES string of the molecule is COC(=O)[C@@H](C)NC(=O)N1CCC2(CC1)C(=O)N(c1cccc(F)c1)C2c1ccc(Cl)cc1. The second-order valence-corrected chi connectivity index (χ2v) is 8.88. The molecule has 2 fully saturated rings. The van der Waals surface area contributed by atoms with E-state index in [0.717, 1.165) is 5.56 Å². The Bertz CT molecular complexity index is 1070. The maximum atomic E-state index is 13.9. The van der Waals surface area contributed by atoms with E-state index in [1.165, 1.54) is 19.2 Å². The van der Waals surface area contributed by atoms with Crippen LogP contribution in [-0.2, 0) is 14.3 Å². The number of halogens is 2. The van der Waals surface area contributed by atoms with Gasteiger partial charge in [0.2, 0.25) is 5.91 Å². The molecule has 2 aliphatic heterocycles. The van der Waals surface area contributed by atoms with Crippen LogP contribution in [0.25, 0.3) is 0 Å². The van der Waals surface area contributed by atoms with Crippen molar-refractivity contribution in [1.29, 1.82) is 0 Å². The summed E-state index contributed by atoms with van der Waals surface area (Å²) in [7, 11) is 1.26. The standard InChI is InChI=1S/C24H25ClFN3O4/c1-15(21(30)33-2)27-23(32)28-12-10-24(11-13-28)20(16-6-8-17(25)9-7-16)29(22(24)31)19-5-3-4-18(26)14-19/h3-9,14-15,20H,10-13H2,1-2H3,(H,27,32)/t15-,20?/m1/s1. The monoisotopic (exact) mass is 473 g/mol. The fourth-order valence-corrected chi connectivity index (χ4v) is 4.89. The molecule has 2 heterocycles. The number of hydrogen-bond acceptors (Lipinski definition) is 4. The van der Waals surface area contributed by atoms with Crippen LogP contribution in [0.2, 0.25) is 5.02 Å². The van der Waals surface area contributed by atoms with E-state index >= 15 is 0 Å². The molecule has 2 aromatic rings. The van der Waals surface area contributed by atoms with Crippen molar-refractivity contribution in [3.63, 3.8) is 0 Å². The first-order valence-corrected chi connectivity index (χ1v) is 11.1. The molecule has 2 saturated heterocycles. The van der Waals surface area contributed by atoms with E-state index in [1.54, 1.807) is 41.0 Å². The molecule has 2 atom stereocenters. The van der Waals surface area contributed by atoms with Crippen LogP contribution in [0.1, 0.15) is 31.4 Å². The Labute approximate surface area is 196 Å². The average molecular weight is 474 g/mol. The number of carbonyl (C=O) groups is 3. The summed E-state index contributed by atoms with van der Waals surface area (Å²) in [4.78, 5) is 40.9. The molecule has 2 aliphatic rings. The van der Waals surface area contributed by atoms with E-state index < -0.39 is 23.2 Å². The van der Waals surface area contributed by atoms with Crippen LogP contribution in [-0.4, -0.2) is 49.0 Å². The fourth-order valence-electron chi connectivity index (χ4n) is 4.77. The number of carbonyl (C=O) groups excluding carboxylic acids is 3. The van der Waals surface area contributed by atoms with Crippen LogP contribution < -0.4 is 10.2 Å². The molecule has 1 spiro atoms. The topological polar surface area (TPSA) is 79.0 Å². The summed E-state index contributed by atoms with van der Waals surface area (Å²) in [5, 5.41) is 3.21. The zero-order chi connectivity index (χ0) is 23.8. The van der Waals surface area contributed by atoms with Gasteiger partial charge in [-0.1, -0.05) is 29.8 Å². The van der Waals surface area contributed by atoms with Crippen molar-refractivity contribution < 1.29 is 23.5 Å². The summed E-state index contributed by atoms with van der Waals surface area (Å²) >= 11 is 6.07. The molecule has 7 nitrogen and oxygen atoms in total. The van der Waals surface area contributed by atoms with Crippen molar-refractivity contribution in [2.75, 3.05) is 25.1 Å². The first-order valence-electron chi connectivity index (χ1n) is 10.7. The molecule has 0 bridgehead atoms. The average Bonchev–Trinajstić information content (AvgIpc) is 2.82. The van der Waals surface area contributed by atoms with Crippen LogP contribution in [0.15, 0.2) is 48.5 Å². The maximum absolute atomic E-state index is 13.9. The number of urea groups is 1. The Kier molecular flexibility index (Phi) is 6.30. The lowest BCUT2D eigenvalue weighted by atomic mass is 9.62. The van der Waals surface area contributed by atoms with Gasteiger partial charge in [0, 0.05) is 23.8 Å². The normalized spacial score (nSPS) is 20.2. The molecule has 0 radical (unpaired) electrons. The molecule has 4 rings (SSSR count). The zero-order valence-electron chi connectivity index (χ0n) is 18.4. The van der Waals surface area contributed by atoms with Crippen molar-refractivity contribution in [3.05, 3.63) is 64.9 Å². The first-order chi connectivity index (χ1) is 15.8. The summed E-state index contributed by atoms with van der Waals surface area (Å²) in [5.74, 6) is -1.03. The van der Waals surface area contributed by atoms with E-state index in [0.29, 0.717) is 36.6 Å². The lowest BCUT2D eigenvalue weighted by Crippen LogP contribution is -2.67. The highest BCUT2D eigenvalue weighted by atomic mass is 35.5. The van der Waals surface area contributed by atoms with Crippen molar-refractivity contribution in [3.8, 4) is 0 Å². The molecule has 0 aliphatic carbocycles. The molecular weight excluding hydrogens is 449 g/mol. The number of likely N-dealkylation sites (tertiary alicyclic amines) is 1. The molecule has 1 N–H and O–H groups in total. The molecule has 9 heteroatoms. The van der Waals surface area contributed by atoms with Crippen LogP contribution >= 0.6 is 11.6 Å². The number of anilines is 1. The third-order valence-electron chi connectivity index (χ3n) is 6.54. The van der Waals surface area contributed by atoms with Gasteiger partial charge >= 0.3 is 12.0 Å². The van der Waals surface area contributed by atoms with Gasteiger partial charge in [-0.15, -0.1) is 0 Å². The number of hydrogen-bond donors (Lipinski definition) is 1. The predicted octanol–water partition coefficient (Wildman–Crippen LogP) is 3.92. The third-order valence-corrected chi connectivity index (χ3v) is 6.79. The number of β-lactam (4-membered cyclic amide) rings is 1. The fraction of sp³-hybridized carbons (Fsp3) is 0.375. The van der Waals surface area contributed by atoms with E-state index in [4.69, 9.17) is 11.6 Å². The van der Waals surface area contributed by atoms with E-state index in [2.05, 4.69) is 10.1 Å². The number of nitrogens with zero attached hydrogens (tertiary/aromatic N) is 2. The van der Waals surface area contributed by atoms with E-state index in [1.807, 2.05) is 12.1 Å². The predicted molar refractivity (Wildman–Crippen MR) is 121 cm³/mol. The molecule has 0 saturated carbocycles. The van der Waals surface area contributed by atoms with Gasteiger partial charge < -0.3 is 19.9 Å². The highest BCUT2D eigenvalue weighted by molar-refractivity contribution is 6.30. The van der Waals surface area contributed by atoms with Crippen LogP contribution in [0, 0.1) is 11.2 Å². The minimum absolute atomic E-state index is 0.0870.